The summed E-state index contributed by atoms with van der Waals surface area (Å²) in [5.74, 6) is -0.818. The van der Waals surface area contributed by atoms with E-state index in [1.54, 1.807) is 6.92 Å². The van der Waals surface area contributed by atoms with Crippen LogP contribution >= 0.6 is 0 Å². The van der Waals surface area contributed by atoms with Crippen molar-refractivity contribution in [3.8, 4) is 0 Å². The maximum atomic E-state index is 12.2. The molecule has 1 atom stereocenters. The highest BCUT2D eigenvalue weighted by molar-refractivity contribution is 6.07. The Balaban J connectivity index is 3.08. The van der Waals surface area contributed by atoms with Crippen molar-refractivity contribution in [3.05, 3.63) is 12.2 Å². The predicted octanol–water partition coefficient (Wildman–Crippen LogP) is 2.21. The monoisotopic (exact) mass is 252 g/mol. The van der Waals surface area contributed by atoms with E-state index in [1.165, 1.54) is 19.1 Å². The second kappa shape index (κ2) is 6.47. The topological polar surface area (TPSA) is 60.4 Å². The molecule has 0 aliphatic heterocycles. The first-order chi connectivity index (χ1) is 8.53. The summed E-state index contributed by atoms with van der Waals surface area (Å²) in [6, 6.07) is 0. The molecule has 1 unspecified atom stereocenters. The number of carbonyl (C=O) groups excluding carboxylic acids is 3. The first kappa shape index (κ1) is 14.6. The minimum Gasteiger partial charge on any atom is -0.465 e. The van der Waals surface area contributed by atoms with Crippen molar-refractivity contribution in [2.45, 2.75) is 46.0 Å². The normalized spacial score (nSPS) is 24.9. The number of Topliss-reactive ketones (excluding diaryl/α,β-unsaturated/α-hetero) is 1. The zero-order chi connectivity index (χ0) is 13.6. The van der Waals surface area contributed by atoms with E-state index in [2.05, 4.69) is 0 Å². The van der Waals surface area contributed by atoms with Gasteiger partial charge < -0.3 is 4.74 Å². The van der Waals surface area contributed by atoms with E-state index in [9.17, 15) is 14.4 Å². The van der Waals surface area contributed by atoms with Crippen LogP contribution in [0.5, 0.6) is 0 Å². The molecule has 0 amide bonds. The Morgan fingerprint density at radius 1 is 1.33 bits per heavy atom. The second-order valence-corrected chi connectivity index (χ2v) is 4.62. The Kier molecular flexibility index (Phi) is 5.25. The SMILES string of the molecule is CCOC(=O)C1(/C=C/C(C)=O)CCCCCC1=O. The van der Waals surface area contributed by atoms with E-state index in [-0.39, 0.29) is 18.2 Å². The van der Waals surface area contributed by atoms with Gasteiger partial charge in [0.05, 0.1) is 6.61 Å². The average Bonchev–Trinajstić information content (AvgIpc) is 2.50. The van der Waals surface area contributed by atoms with Crippen molar-refractivity contribution >= 4 is 17.5 Å². The lowest BCUT2D eigenvalue weighted by Gasteiger charge is -2.25. The van der Waals surface area contributed by atoms with Gasteiger partial charge in [0.25, 0.3) is 0 Å². The maximum absolute atomic E-state index is 12.2. The van der Waals surface area contributed by atoms with Crippen LogP contribution in [0, 0.1) is 5.41 Å². The van der Waals surface area contributed by atoms with Gasteiger partial charge in [0.2, 0.25) is 0 Å². The Morgan fingerprint density at radius 2 is 2.06 bits per heavy atom. The van der Waals surface area contributed by atoms with Crippen molar-refractivity contribution in [1.82, 2.24) is 0 Å². The number of rotatable bonds is 4. The standard InChI is InChI=1S/C14H20O4/c1-3-18-13(17)14(10-8-11(2)15)9-6-4-5-7-12(14)16/h8,10H,3-7,9H2,1-2H3/b10-8+. The molecule has 0 saturated heterocycles. The van der Waals surface area contributed by atoms with E-state index in [0.29, 0.717) is 12.8 Å². The van der Waals surface area contributed by atoms with Crippen LogP contribution in [0.15, 0.2) is 12.2 Å². The molecule has 0 radical (unpaired) electrons. The van der Waals surface area contributed by atoms with Crippen molar-refractivity contribution < 1.29 is 19.1 Å². The van der Waals surface area contributed by atoms with Crippen molar-refractivity contribution in [1.29, 1.82) is 0 Å². The maximum Gasteiger partial charge on any atom is 0.323 e. The molecule has 1 aliphatic carbocycles. The fourth-order valence-electron chi connectivity index (χ4n) is 2.21. The molecule has 0 aromatic carbocycles. The van der Waals surface area contributed by atoms with Crippen LogP contribution in [-0.4, -0.2) is 24.1 Å². The zero-order valence-corrected chi connectivity index (χ0v) is 11.0. The van der Waals surface area contributed by atoms with Crippen LogP contribution in [0.1, 0.15) is 46.0 Å². The highest BCUT2D eigenvalue weighted by atomic mass is 16.5. The van der Waals surface area contributed by atoms with Crippen LogP contribution in [0.3, 0.4) is 0 Å². The first-order valence-electron chi connectivity index (χ1n) is 6.43. The van der Waals surface area contributed by atoms with E-state index in [0.717, 1.165) is 19.3 Å². The molecule has 0 aromatic heterocycles. The molecule has 0 aromatic rings. The van der Waals surface area contributed by atoms with Crippen molar-refractivity contribution in [2.24, 2.45) is 5.41 Å². The average molecular weight is 252 g/mol. The lowest BCUT2D eigenvalue weighted by molar-refractivity contribution is -0.157. The van der Waals surface area contributed by atoms with Crippen molar-refractivity contribution in [2.75, 3.05) is 6.61 Å². The molecule has 4 nitrogen and oxygen atoms in total. The minimum atomic E-state index is -1.24. The van der Waals surface area contributed by atoms with Gasteiger partial charge in [-0.3, -0.25) is 14.4 Å². The third-order valence-electron chi connectivity index (χ3n) is 3.21. The fraction of sp³-hybridized carbons (Fsp3) is 0.643. The van der Waals surface area contributed by atoms with Gasteiger partial charge in [-0.25, -0.2) is 0 Å². The smallest absolute Gasteiger partial charge is 0.323 e. The Bertz CT molecular complexity index is 370. The quantitative estimate of drug-likeness (QED) is 0.333. The van der Waals surface area contributed by atoms with Crippen molar-refractivity contribution in [3.63, 3.8) is 0 Å². The number of ether oxygens (including phenoxy) is 1. The fourth-order valence-corrected chi connectivity index (χ4v) is 2.21. The molecule has 100 valence electrons. The molecule has 1 fully saturated rings. The summed E-state index contributed by atoms with van der Waals surface area (Å²) in [4.78, 5) is 35.3. The molecule has 0 spiro atoms. The summed E-state index contributed by atoms with van der Waals surface area (Å²) < 4.78 is 5.02. The number of ketones is 2. The Hall–Kier alpha value is -1.45. The zero-order valence-electron chi connectivity index (χ0n) is 11.0. The highest BCUT2D eigenvalue weighted by Crippen LogP contribution is 2.35. The molecule has 18 heavy (non-hydrogen) atoms. The van der Waals surface area contributed by atoms with Crippen LogP contribution < -0.4 is 0 Å². The predicted molar refractivity (Wildman–Crippen MR) is 67.0 cm³/mol. The van der Waals surface area contributed by atoms with Gasteiger partial charge in [0.1, 0.15) is 5.41 Å². The molecule has 4 heteroatoms. The lowest BCUT2D eigenvalue weighted by Crippen LogP contribution is -2.38. The first-order valence-corrected chi connectivity index (χ1v) is 6.43. The molecule has 1 rings (SSSR count). The van der Waals surface area contributed by atoms with Crippen LogP contribution in [0.25, 0.3) is 0 Å². The van der Waals surface area contributed by atoms with E-state index >= 15 is 0 Å². The summed E-state index contributed by atoms with van der Waals surface area (Å²) in [5.41, 5.74) is -1.24. The van der Waals surface area contributed by atoms with Gasteiger partial charge in [0, 0.05) is 6.42 Å². The van der Waals surface area contributed by atoms with E-state index in [4.69, 9.17) is 4.74 Å². The molecule has 0 heterocycles. The van der Waals surface area contributed by atoms with Crippen LogP contribution in [0.2, 0.25) is 0 Å². The minimum absolute atomic E-state index is 0.129. The van der Waals surface area contributed by atoms with E-state index < -0.39 is 11.4 Å². The Labute approximate surface area is 107 Å². The summed E-state index contributed by atoms with van der Waals surface area (Å²) in [6.45, 7) is 3.35. The molecule has 0 bridgehead atoms. The van der Waals surface area contributed by atoms with Crippen LogP contribution in [0.4, 0.5) is 0 Å². The number of carbonyl (C=O) groups is 3. The number of hydrogen-bond donors (Lipinski definition) is 0. The Morgan fingerprint density at radius 3 is 2.67 bits per heavy atom. The summed E-state index contributed by atoms with van der Waals surface area (Å²) in [7, 11) is 0. The van der Waals surface area contributed by atoms with E-state index in [1.807, 2.05) is 0 Å². The second-order valence-electron chi connectivity index (χ2n) is 4.62. The van der Waals surface area contributed by atoms with Crippen LogP contribution in [-0.2, 0) is 19.1 Å². The molecular formula is C14H20O4. The number of hydrogen-bond acceptors (Lipinski definition) is 4. The molecule has 0 N–H and O–H groups in total. The third kappa shape index (κ3) is 3.28. The summed E-state index contributed by atoms with van der Waals surface area (Å²) in [6.07, 6.45) is 6.10. The largest absolute Gasteiger partial charge is 0.465 e. The lowest BCUT2D eigenvalue weighted by atomic mass is 9.78. The van der Waals surface area contributed by atoms with Gasteiger partial charge in [-0.15, -0.1) is 0 Å². The summed E-state index contributed by atoms with van der Waals surface area (Å²) >= 11 is 0. The van der Waals surface area contributed by atoms with Gasteiger partial charge in [0.15, 0.2) is 11.6 Å². The number of allylic oxidation sites excluding steroid dienone is 1. The number of esters is 1. The summed E-state index contributed by atoms with van der Waals surface area (Å²) in [5, 5.41) is 0. The van der Waals surface area contributed by atoms with Gasteiger partial charge in [-0.05, 0) is 32.8 Å². The molecule has 1 aliphatic rings. The third-order valence-corrected chi connectivity index (χ3v) is 3.21. The van der Waals surface area contributed by atoms with Gasteiger partial charge >= 0.3 is 5.97 Å². The molecular weight excluding hydrogens is 232 g/mol. The van der Waals surface area contributed by atoms with Gasteiger partial charge in [-0.1, -0.05) is 18.9 Å². The van der Waals surface area contributed by atoms with Gasteiger partial charge in [-0.2, -0.15) is 0 Å². The highest BCUT2D eigenvalue weighted by Gasteiger charge is 2.44. The molecule has 1 saturated carbocycles.